The molecule has 15 heavy (non-hydrogen) atoms. The summed E-state index contributed by atoms with van der Waals surface area (Å²) in [5.41, 5.74) is 1.20. The van der Waals surface area contributed by atoms with Crippen molar-refractivity contribution in [2.24, 2.45) is 0 Å². The Labute approximate surface area is 92.0 Å². The van der Waals surface area contributed by atoms with Crippen molar-refractivity contribution >= 4 is 0 Å². The second-order valence-electron chi connectivity index (χ2n) is 3.50. The van der Waals surface area contributed by atoms with E-state index in [4.69, 9.17) is 4.74 Å². The molecule has 0 amide bonds. The van der Waals surface area contributed by atoms with Gasteiger partial charge in [-0.25, -0.2) is 0 Å². The molecule has 1 aromatic rings. The molecule has 0 fully saturated rings. The molecule has 0 spiro atoms. The molecule has 0 aliphatic rings. The monoisotopic (exact) mass is 205 g/mol. The van der Waals surface area contributed by atoms with Crippen molar-refractivity contribution in [3.8, 4) is 5.75 Å². The van der Waals surface area contributed by atoms with E-state index in [1.807, 2.05) is 24.3 Å². The largest absolute Gasteiger partial charge is 0.496 e. The predicted molar refractivity (Wildman–Crippen MR) is 64.2 cm³/mol. The number of methoxy groups -OCH3 is 1. The topological polar surface area (TPSA) is 21.3 Å². The van der Waals surface area contributed by atoms with Crippen molar-refractivity contribution in [3.63, 3.8) is 0 Å². The molecule has 0 aliphatic carbocycles. The molecule has 2 nitrogen and oxygen atoms in total. The molecule has 1 aromatic carbocycles. The number of hydrogen-bond acceptors (Lipinski definition) is 2. The van der Waals surface area contributed by atoms with Gasteiger partial charge in [0.25, 0.3) is 0 Å². The lowest BCUT2D eigenvalue weighted by atomic mass is 10.1. The number of hydrogen-bond donors (Lipinski definition) is 1. The van der Waals surface area contributed by atoms with Crippen LogP contribution in [0.15, 0.2) is 36.9 Å². The van der Waals surface area contributed by atoms with E-state index in [1.54, 1.807) is 7.11 Å². The van der Waals surface area contributed by atoms with E-state index >= 15 is 0 Å². The minimum Gasteiger partial charge on any atom is -0.496 e. The summed E-state index contributed by atoms with van der Waals surface area (Å²) in [5.74, 6) is 0.941. The first-order chi connectivity index (χ1) is 7.29. The van der Waals surface area contributed by atoms with Crippen LogP contribution in [0.4, 0.5) is 0 Å². The highest BCUT2D eigenvalue weighted by Gasteiger charge is 2.08. The van der Waals surface area contributed by atoms with Gasteiger partial charge in [0.1, 0.15) is 5.75 Å². The molecule has 1 N–H and O–H groups in total. The molecule has 0 aromatic heterocycles. The summed E-state index contributed by atoms with van der Waals surface area (Å²) in [6.45, 7) is 6.79. The van der Waals surface area contributed by atoms with E-state index in [9.17, 15) is 0 Å². The Bertz CT molecular complexity index is 309. The molecule has 1 unspecified atom stereocenters. The van der Waals surface area contributed by atoms with Gasteiger partial charge in [-0.1, -0.05) is 24.3 Å². The lowest BCUT2D eigenvalue weighted by Gasteiger charge is -2.16. The zero-order valence-electron chi connectivity index (χ0n) is 9.49. The van der Waals surface area contributed by atoms with Crippen LogP contribution >= 0.6 is 0 Å². The highest BCUT2D eigenvalue weighted by Crippen LogP contribution is 2.23. The number of benzene rings is 1. The molecule has 0 bridgehead atoms. The van der Waals surface area contributed by atoms with Crippen molar-refractivity contribution in [3.05, 3.63) is 42.5 Å². The third-order valence-electron chi connectivity index (χ3n) is 2.40. The fourth-order valence-electron chi connectivity index (χ4n) is 1.54. The Balaban J connectivity index is 2.63. The van der Waals surface area contributed by atoms with Gasteiger partial charge in [-0.15, -0.1) is 6.58 Å². The Morgan fingerprint density at radius 1 is 1.47 bits per heavy atom. The standard InChI is InChI=1S/C13H19NO/c1-4-5-10-14-11(2)12-8-6-7-9-13(12)15-3/h4,6-9,11,14H,1,5,10H2,2-3H3. The van der Waals surface area contributed by atoms with E-state index in [1.165, 1.54) is 5.56 Å². The van der Waals surface area contributed by atoms with Gasteiger partial charge < -0.3 is 10.1 Å². The first-order valence-electron chi connectivity index (χ1n) is 5.26. The lowest BCUT2D eigenvalue weighted by Crippen LogP contribution is -2.19. The van der Waals surface area contributed by atoms with Crippen molar-refractivity contribution in [2.75, 3.05) is 13.7 Å². The molecule has 2 heteroatoms. The molecular formula is C13H19NO. The second-order valence-corrected chi connectivity index (χ2v) is 3.50. The lowest BCUT2D eigenvalue weighted by molar-refractivity contribution is 0.402. The Morgan fingerprint density at radius 3 is 2.87 bits per heavy atom. The van der Waals surface area contributed by atoms with Gasteiger partial charge in [0.15, 0.2) is 0 Å². The van der Waals surface area contributed by atoms with E-state index in [0.29, 0.717) is 6.04 Å². The fraction of sp³-hybridized carbons (Fsp3) is 0.385. The molecule has 82 valence electrons. The van der Waals surface area contributed by atoms with Crippen LogP contribution < -0.4 is 10.1 Å². The molecule has 0 saturated carbocycles. The van der Waals surface area contributed by atoms with Crippen LogP contribution in [0.25, 0.3) is 0 Å². The number of rotatable bonds is 6. The van der Waals surface area contributed by atoms with Crippen molar-refractivity contribution < 1.29 is 4.74 Å². The third-order valence-corrected chi connectivity index (χ3v) is 2.40. The van der Waals surface area contributed by atoms with Crippen molar-refractivity contribution in [1.29, 1.82) is 0 Å². The normalized spacial score (nSPS) is 12.1. The second kappa shape index (κ2) is 6.25. The highest BCUT2D eigenvalue weighted by atomic mass is 16.5. The van der Waals surface area contributed by atoms with E-state index in [-0.39, 0.29) is 0 Å². The van der Waals surface area contributed by atoms with Crippen molar-refractivity contribution in [2.45, 2.75) is 19.4 Å². The number of ether oxygens (including phenoxy) is 1. The fourth-order valence-corrected chi connectivity index (χ4v) is 1.54. The van der Waals surface area contributed by atoms with Gasteiger partial charge in [-0.2, -0.15) is 0 Å². The summed E-state index contributed by atoms with van der Waals surface area (Å²) in [4.78, 5) is 0. The van der Waals surface area contributed by atoms with Crippen LogP contribution in [0.3, 0.4) is 0 Å². The minimum absolute atomic E-state index is 0.307. The zero-order chi connectivity index (χ0) is 11.1. The summed E-state index contributed by atoms with van der Waals surface area (Å²) in [7, 11) is 1.70. The van der Waals surface area contributed by atoms with Gasteiger partial charge in [-0.3, -0.25) is 0 Å². The molecule has 0 radical (unpaired) electrons. The average molecular weight is 205 g/mol. The maximum absolute atomic E-state index is 5.31. The summed E-state index contributed by atoms with van der Waals surface area (Å²) >= 11 is 0. The number of para-hydroxylation sites is 1. The van der Waals surface area contributed by atoms with Gasteiger partial charge >= 0.3 is 0 Å². The first-order valence-corrected chi connectivity index (χ1v) is 5.26. The minimum atomic E-state index is 0.307. The summed E-state index contributed by atoms with van der Waals surface area (Å²) in [6.07, 6.45) is 2.90. The number of nitrogens with one attached hydrogen (secondary N) is 1. The summed E-state index contributed by atoms with van der Waals surface area (Å²) in [5, 5.41) is 3.42. The van der Waals surface area contributed by atoms with Crippen molar-refractivity contribution in [1.82, 2.24) is 5.32 Å². The maximum Gasteiger partial charge on any atom is 0.123 e. The summed E-state index contributed by atoms with van der Waals surface area (Å²) < 4.78 is 5.31. The van der Waals surface area contributed by atoms with Gasteiger partial charge in [0.2, 0.25) is 0 Å². The Kier molecular flexibility index (Phi) is 4.91. The predicted octanol–water partition coefficient (Wildman–Crippen LogP) is 2.92. The van der Waals surface area contributed by atoms with Crippen LogP contribution in [0, 0.1) is 0 Å². The van der Waals surface area contributed by atoms with Crippen LogP contribution in [0.2, 0.25) is 0 Å². The summed E-state index contributed by atoms with van der Waals surface area (Å²) in [6, 6.07) is 8.40. The van der Waals surface area contributed by atoms with E-state index in [0.717, 1.165) is 18.7 Å². The Hall–Kier alpha value is -1.28. The molecular weight excluding hydrogens is 186 g/mol. The maximum atomic E-state index is 5.31. The van der Waals surface area contributed by atoms with E-state index < -0.39 is 0 Å². The molecule has 0 heterocycles. The SMILES string of the molecule is C=CCCNC(C)c1ccccc1OC. The average Bonchev–Trinajstić information content (AvgIpc) is 2.29. The first kappa shape index (κ1) is 11.8. The molecule has 1 atom stereocenters. The van der Waals surface area contributed by atoms with E-state index in [2.05, 4.69) is 24.9 Å². The highest BCUT2D eigenvalue weighted by molar-refractivity contribution is 5.35. The zero-order valence-corrected chi connectivity index (χ0v) is 9.49. The Morgan fingerprint density at radius 2 is 2.20 bits per heavy atom. The molecule has 0 saturated heterocycles. The van der Waals surface area contributed by atoms with Crippen LogP contribution in [0.5, 0.6) is 5.75 Å². The smallest absolute Gasteiger partial charge is 0.123 e. The molecule has 0 aliphatic heterocycles. The molecule has 1 rings (SSSR count). The van der Waals surface area contributed by atoms with Crippen LogP contribution in [0.1, 0.15) is 24.9 Å². The van der Waals surface area contributed by atoms with Gasteiger partial charge in [0.05, 0.1) is 7.11 Å². The van der Waals surface area contributed by atoms with Gasteiger partial charge in [-0.05, 0) is 26.0 Å². The van der Waals surface area contributed by atoms with Gasteiger partial charge in [0, 0.05) is 11.6 Å². The van der Waals surface area contributed by atoms with Crippen LogP contribution in [-0.2, 0) is 0 Å². The third kappa shape index (κ3) is 3.40. The quantitative estimate of drug-likeness (QED) is 0.569. The van der Waals surface area contributed by atoms with Crippen LogP contribution in [-0.4, -0.2) is 13.7 Å².